The highest BCUT2D eigenvalue weighted by molar-refractivity contribution is 9.10. The first-order valence-corrected chi connectivity index (χ1v) is 5.00. The molecule has 1 rings (SSSR count). The van der Waals surface area contributed by atoms with E-state index in [4.69, 9.17) is 0 Å². The number of hydrogen-bond donors (Lipinski definition) is 2. The summed E-state index contributed by atoms with van der Waals surface area (Å²) < 4.78 is 37.7. The first-order chi connectivity index (χ1) is 7.36. The van der Waals surface area contributed by atoms with Crippen molar-refractivity contribution in [3.8, 4) is 5.75 Å². The molecule has 1 aromatic rings. The SMILES string of the molecule is CONCc1cc(Br)cc(C(F)(F)F)c1O. The van der Waals surface area contributed by atoms with Crippen molar-refractivity contribution in [3.05, 3.63) is 27.7 Å². The number of hydroxylamine groups is 1. The molecule has 0 saturated carbocycles. The lowest BCUT2D eigenvalue weighted by molar-refractivity contribution is -0.138. The molecule has 0 bridgehead atoms. The fraction of sp³-hybridized carbons (Fsp3) is 0.333. The Morgan fingerprint density at radius 3 is 2.56 bits per heavy atom. The van der Waals surface area contributed by atoms with Crippen LogP contribution in [0.3, 0.4) is 0 Å². The largest absolute Gasteiger partial charge is 0.507 e. The summed E-state index contributed by atoms with van der Waals surface area (Å²) in [6, 6.07) is 2.21. The standard InChI is InChI=1S/C9H9BrF3NO2/c1-16-14-4-5-2-6(10)3-7(8(5)15)9(11,12)13/h2-3,14-15H,4H2,1H3. The number of alkyl halides is 3. The maximum Gasteiger partial charge on any atom is 0.420 e. The second-order valence-electron chi connectivity index (χ2n) is 2.98. The van der Waals surface area contributed by atoms with Crippen LogP contribution in [0.4, 0.5) is 13.2 Å². The van der Waals surface area contributed by atoms with Crippen LogP contribution >= 0.6 is 15.9 Å². The highest BCUT2D eigenvalue weighted by Crippen LogP contribution is 2.39. The van der Waals surface area contributed by atoms with Gasteiger partial charge in [0.1, 0.15) is 5.75 Å². The summed E-state index contributed by atoms with van der Waals surface area (Å²) in [7, 11) is 1.33. The molecule has 3 nitrogen and oxygen atoms in total. The number of benzene rings is 1. The van der Waals surface area contributed by atoms with Crippen LogP contribution < -0.4 is 5.48 Å². The predicted octanol–water partition coefficient (Wildman–Crippen LogP) is 2.82. The van der Waals surface area contributed by atoms with E-state index in [2.05, 4.69) is 26.2 Å². The van der Waals surface area contributed by atoms with E-state index in [1.165, 1.54) is 13.2 Å². The smallest absolute Gasteiger partial charge is 0.420 e. The number of phenolic OH excluding ortho intramolecular Hbond substituents is 1. The van der Waals surface area contributed by atoms with Crippen LogP contribution in [0.5, 0.6) is 5.75 Å². The molecule has 0 aliphatic carbocycles. The number of hydrogen-bond acceptors (Lipinski definition) is 3. The van der Waals surface area contributed by atoms with Gasteiger partial charge in [-0.15, -0.1) is 0 Å². The average molecular weight is 300 g/mol. The molecule has 2 N–H and O–H groups in total. The van der Waals surface area contributed by atoms with Crippen molar-refractivity contribution in [1.82, 2.24) is 5.48 Å². The van der Waals surface area contributed by atoms with Crippen molar-refractivity contribution in [2.45, 2.75) is 12.7 Å². The highest BCUT2D eigenvalue weighted by Gasteiger charge is 2.35. The summed E-state index contributed by atoms with van der Waals surface area (Å²) in [4.78, 5) is 4.51. The fourth-order valence-corrected chi connectivity index (χ4v) is 1.66. The van der Waals surface area contributed by atoms with Gasteiger partial charge < -0.3 is 9.94 Å². The summed E-state index contributed by atoms with van der Waals surface area (Å²) in [6.07, 6.45) is -4.59. The maximum absolute atomic E-state index is 12.5. The first-order valence-electron chi connectivity index (χ1n) is 4.20. The van der Waals surface area contributed by atoms with Crippen molar-refractivity contribution < 1.29 is 23.1 Å². The summed E-state index contributed by atoms with van der Waals surface area (Å²) in [6.45, 7) is -0.0230. The monoisotopic (exact) mass is 299 g/mol. The minimum Gasteiger partial charge on any atom is -0.507 e. The van der Waals surface area contributed by atoms with E-state index in [0.717, 1.165) is 6.07 Å². The van der Waals surface area contributed by atoms with Gasteiger partial charge in [-0.1, -0.05) is 15.9 Å². The van der Waals surface area contributed by atoms with Crippen LogP contribution in [0.25, 0.3) is 0 Å². The number of rotatable bonds is 3. The zero-order chi connectivity index (χ0) is 12.3. The topological polar surface area (TPSA) is 41.5 Å². The van der Waals surface area contributed by atoms with E-state index >= 15 is 0 Å². The Balaban J connectivity index is 3.16. The van der Waals surface area contributed by atoms with Gasteiger partial charge in [-0.2, -0.15) is 18.7 Å². The third-order valence-electron chi connectivity index (χ3n) is 1.87. The van der Waals surface area contributed by atoms with Gasteiger partial charge in [0.05, 0.1) is 12.7 Å². The molecule has 1 aromatic carbocycles. The average Bonchev–Trinajstić information content (AvgIpc) is 2.17. The van der Waals surface area contributed by atoms with Crippen LogP contribution in [-0.4, -0.2) is 12.2 Å². The van der Waals surface area contributed by atoms with Crippen LogP contribution in [-0.2, 0) is 17.6 Å². The summed E-state index contributed by atoms with van der Waals surface area (Å²) in [5, 5.41) is 9.44. The molecule has 7 heteroatoms. The molecule has 0 saturated heterocycles. The van der Waals surface area contributed by atoms with Gasteiger partial charge in [0.25, 0.3) is 0 Å². The molecule has 0 aliphatic heterocycles. The first kappa shape index (κ1) is 13.3. The van der Waals surface area contributed by atoms with E-state index in [-0.39, 0.29) is 16.6 Å². The Morgan fingerprint density at radius 2 is 2.06 bits per heavy atom. The summed E-state index contributed by atoms with van der Waals surface area (Å²) in [5.74, 6) is -0.791. The van der Waals surface area contributed by atoms with Gasteiger partial charge >= 0.3 is 6.18 Å². The predicted molar refractivity (Wildman–Crippen MR) is 54.7 cm³/mol. The van der Waals surface area contributed by atoms with Crippen molar-refractivity contribution in [2.75, 3.05) is 7.11 Å². The van der Waals surface area contributed by atoms with Crippen molar-refractivity contribution in [2.24, 2.45) is 0 Å². The molecule has 0 radical (unpaired) electrons. The van der Waals surface area contributed by atoms with Crippen molar-refractivity contribution >= 4 is 15.9 Å². The number of nitrogens with one attached hydrogen (secondary N) is 1. The second-order valence-corrected chi connectivity index (χ2v) is 3.90. The van der Waals surface area contributed by atoms with Crippen LogP contribution in [0.15, 0.2) is 16.6 Å². The van der Waals surface area contributed by atoms with Gasteiger partial charge in [0.2, 0.25) is 0 Å². The van der Waals surface area contributed by atoms with Gasteiger partial charge in [0.15, 0.2) is 0 Å². The molecule has 0 atom stereocenters. The Bertz CT molecular complexity index is 382. The molecule has 0 unspecified atom stereocenters. The molecule has 0 heterocycles. The van der Waals surface area contributed by atoms with Crippen LogP contribution in [0.2, 0.25) is 0 Å². The third kappa shape index (κ3) is 3.10. The van der Waals surface area contributed by atoms with Crippen LogP contribution in [0.1, 0.15) is 11.1 Å². The molecule has 0 spiro atoms. The van der Waals surface area contributed by atoms with Gasteiger partial charge in [0, 0.05) is 16.6 Å². The van der Waals surface area contributed by atoms with E-state index < -0.39 is 17.5 Å². The quantitative estimate of drug-likeness (QED) is 0.843. The van der Waals surface area contributed by atoms with Gasteiger partial charge in [-0.25, -0.2) is 0 Å². The molecule has 0 aromatic heterocycles. The van der Waals surface area contributed by atoms with Crippen molar-refractivity contribution in [3.63, 3.8) is 0 Å². The molecular formula is C9H9BrF3NO2. The van der Waals surface area contributed by atoms with E-state index in [9.17, 15) is 18.3 Å². The zero-order valence-electron chi connectivity index (χ0n) is 8.23. The Hall–Kier alpha value is -0.790. The number of phenols is 1. The van der Waals surface area contributed by atoms with Gasteiger partial charge in [-0.05, 0) is 12.1 Å². The maximum atomic E-state index is 12.5. The molecule has 0 aliphatic rings. The molecule has 0 fully saturated rings. The Labute approximate surface area is 98.3 Å². The Morgan fingerprint density at radius 1 is 1.44 bits per heavy atom. The summed E-state index contributed by atoms with van der Waals surface area (Å²) in [5.41, 5.74) is 1.39. The highest BCUT2D eigenvalue weighted by atomic mass is 79.9. The van der Waals surface area contributed by atoms with Gasteiger partial charge in [-0.3, -0.25) is 0 Å². The lowest BCUT2D eigenvalue weighted by Gasteiger charge is -2.13. The minimum absolute atomic E-state index is 0.0230. The normalized spacial score (nSPS) is 11.8. The van der Waals surface area contributed by atoms with Crippen molar-refractivity contribution in [1.29, 1.82) is 0 Å². The fourth-order valence-electron chi connectivity index (χ4n) is 1.16. The number of halogens is 4. The van der Waals surface area contributed by atoms with Crippen LogP contribution in [0, 0.1) is 0 Å². The molecule has 0 amide bonds. The number of aromatic hydroxyl groups is 1. The van der Waals surface area contributed by atoms with E-state index in [1.807, 2.05) is 0 Å². The summed E-state index contributed by atoms with van der Waals surface area (Å²) >= 11 is 2.95. The molecular weight excluding hydrogens is 291 g/mol. The lowest BCUT2D eigenvalue weighted by Crippen LogP contribution is -2.13. The third-order valence-corrected chi connectivity index (χ3v) is 2.32. The zero-order valence-corrected chi connectivity index (χ0v) is 9.82. The molecule has 16 heavy (non-hydrogen) atoms. The Kier molecular flexibility index (Phi) is 4.17. The second kappa shape index (κ2) is 5.03. The van der Waals surface area contributed by atoms with E-state index in [0.29, 0.717) is 0 Å². The minimum atomic E-state index is -4.59. The molecule has 90 valence electrons. The van der Waals surface area contributed by atoms with E-state index in [1.54, 1.807) is 0 Å². The lowest BCUT2D eigenvalue weighted by atomic mass is 10.1.